The molecule has 110 valence electrons. The van der Waals surface area contributed by atoms with Crippen molar-refractivity contribution in [3.63, 3.8) is 0 Å². The molecule has 1 N–H and O–H groups in total. The van der Waals surface area contributed by atoms with Crippen LogP contribution in [0.2, 0.25) is 0 Å². The van der Waals surface area contributed by atoms with Crippen molar-refractivity contribution in [3.8, 4) is 0 Å². The summed E-state index contributed by atoms with van der Waals surface area (Å²) in [7, 11) is 0. The van der Waals surface area contributed by atoms with Crippen molar-refractivity contribution < 1.29 is 0 Å². The molecule has 1 saturated carbocycles. The zero-order valence-corrected chi connectivity index (χ0v) is 12.7. The molecular weight excluding hydrogens is 258 g/mol. The Morgan fingerprint density at radius 2 is 2.10 bits per heavy atom. The van der Waals surface area contributed by atoms with Crippen LogP contribution in [0.3, 0.4) is 0 Å². The molecule has 1 aromatic carbocycles. The van der Waals surface area contributed by atoms with E-state index in [4.69, 9.17) is 0 Å². The minimum atomic E-state index is 0.349. The zero-order valence-electron chi connectivity index (χ0n) is 12.7. The van der Waals surface area contributed by atoms with Gasteiger partial charge < -0.3 is 10.2 Å². The summed E-state index contributed by atoms with van der Waals surface area (Å²) in [6.07, 6.45) is 9.26. The van der Waals surface area contributed by atoms with Crippen LogP contribution in [0.25, 0.3) is 10.8 Å². The highest BCUT2D eigenvalue weighted by Gasteiger charge is 2.40. The van der Waals surface area contributed by atoms with Gasteiger partial charge >= 0.3 is 0 Å². The lowest BCUT2D eigenvalue weighted by atomic mass is 9.91. The molecular formula is C18H23N3. The summed E-state index contributed by atoms with van der Waals surface area (Å²) in [5.74, 6) is 0. The number of rotatable bonds is 1. The first-order valence-corrected chi connectivity index (χ1v) is 8.12. The maximum atomic E-state index is 4.26. The molecule has 1 saturated heterocycles. The number of piperazine rings is 1. The van der Waals surface area contributed by atoms with Crippen molar-refractivity contribution in [1.82, 2.24) is 10.3 Å². The van der Waals surface area contributed by atoms with Crippen molar-refractivity contribution >= 4 is 16.5 Å². The van der Waals surface area contributed by atoms with E-state index in [-0.39, 0.29) is 0 Å². The molecule has 2 aliphatic rings. The molecule has 2 fully saturated rings. The molecule has 1 spiro atoms. The fourth-order valence-electron chi connectivity index (χ4n) is 4.08. The largest absolute Gasteiger partial charge is 0.365 e. The summed E-state index contributed by atoms with van der Waals surface area (Å²) in [6.45, 7) is 4.55. The normalized spacial score (nSPS) is 24.8. The minimum Gasteiger partial charge on any atom is -0.365 e. The van der Waals surface area contributed by atoms with Gasteiger partial charge in [0.15, 0.2) is 0 Å². The van der Waals surface area contributed by atoms with Crippen LogP contribution in [-0.4, -0.2) is 29.7 Å². The lowest BCUT2D eigenvalue weighted by molar-refractivity contribution is 0.277. The van der Waals surface area contributed by atoms with E-state index in [0.717, 1.165) is 13.1 Å². The van der Waals surface area contributed by atoms with E-state index in [9.17, 15) is 0 Å². The third-order valence-corrected chi connectivity index (χ3v) is 5.31. The molecule has 2 heterocycles. The first-order valence-electron chi connectivity index (χ1n) is 8.12. The lowest BCUT2D eigenvalue weighted by Gasteiger charge is -2.47. The smallest absolute Gasteiger partial charge is 0.0450 e. The number of hydrogen-bond acceptors (Lipinski definition) is 3. The average Bonchev–Trinajstić information content (AvgIpc) is 2.98. The maximum absolute atomic E-state index is 4.26. The zero-order chi connectivity index (χ0) is 14.3. The van der Waals surface area contributed by atoms with Crippen LogP contribution in [-0.2, 0) is 0 Å². The van der Waals surface area contributed by atoms with Gasteiger partial charge in [0.05, 0.1) is 0 Å². The third-order valence-electron chi connectivity index (χ3n) is 5.31. The predicted molar refractivity (Wildman–Crippen MR) is 87.8 cm³/mol. The Labute approximate surface area is 126 Å². The Bertz CT molecular complexity index is 640. The van der Waals surface area contributed by atoms with E-state index >= 15 is 0 Å². The van der Waals surface area contributed by atoms with Crippen LogP contribution in [0.5, 0.6) is 0 Å². The molecule has 0 bridgehead atoms. The SMILES string of the molecule is CC1CNC2(CCCC2)CN1c1cccc2cnccc12. The maximum Gasteiger partial charge on any atom is 0.0450 e. The van der Waals surface area contributed by atoms with Crippen molar-refractivity contribution in [2.75, 3.05) is 18.0 Å². The quantitative estimate of drug-likeness (QED) is 0.869. The highest BCUT2D eigenvalue weighted by Crippen LogP contribution is 2.37. The lowest BCUT2D eigenvalue weighted by Crippen LogP contribution is -2.62. The van der Waals surface area contributed by atoms with Gasteiger partial charge in [-0.15, -0.1) is 0 Å². The Morgan fingerprint density at radius 3 is 2.95 bits per heavy atom. The molecule has 21 heavy (non-hydrogen) atoms. The second-order valence-electron chi connectivity index (χ2n) is 6.72. The van der Waals surface area contributed by atoms with Gasteiger partial charge in [-0.3, -0.25) is 4.98 Å². The highest BCUT2D eigenvalue weighted by molar-refractivity contribution is 5.93. The Balaban J connectivity index is 1.75. The van der Waals surface area contributed by atoms with E-state index in [1.165, 1.54) is 42.1 Å². The van der Waals surface area contributed by atoms with Gasteiger partial charge in [0.1, 0.15) is 0 Å². The van der Waals surface area contributed by atoms with Crippen molar-refractivity contribution in [3.05, 3.63) is 36.7 Å². The topological polar surface area (TPSA) is 28.2 Å². The second kappa shape index (κ2) is 4.99. The average molecular weight is 281 g/mol. The molecule has 1 aliphatic carbocycles. The van der Waals surface area contributed by atoms with Crippen LogP contribution in [0.1, 0.15) is 32.6 Å². The van der Waals surface area contributed by atoms with Crippen LogP contribution in [0, 0.1) is 0 Å². The molecule has 3 heteroatoms. The molecule has 0 radical (unpaired) electrons. The number of benzene rings is 1. The summed E-state index contributed by atoms with van der Waals surface area (Å²) >= 11 is 0. The molecule has 1 aromatic heterocycles. The number of nitrogens with zero attached hydrogens (tertiary/aromatic N) is 2. The van der Waals surface area contributed by atoms with Crippen molar-refractivity contribution in [2.24, 2.45) is 0 Å². The number of aromatic nitrogens is 1. The van der Waals surface area contributed by atoms with Crippen LogP contribution in [0.4, 0.5) is 5.69 Å². The highest BCUT2D eigenvalue weighted by atomic mass is 15.3. The summed E-state index contributed by atoms with van der Waals surface area (Å²) < 4.78 is 0. The van der Waals surface area contributed by atoms with Crippen molar-refractivity contribution in [1.29, 1.82) is 0 Å². The number of anilines is 1. The van der Waals surface area contributed by atoms with E-state index in [0.29, 0.717) is 11.6 Å². The fraction of sp³-hybridized carbons (Fsp3) is 0.500. The van der Waals surface area contributed by atoms with Gasteiger partial charge in [0, 0.05) is 53.5 Å². The molecule has 2 aromatic rings. The number of nitrogens with one attached hydrogen (secondary N) is 1. The van der Waals surface area contributed by atoms with Gasteiger partial charge in [-0.05, 0) is 31.9 Å². The minimum absolute atomic E-state index is 0.349. The molecule has 1 aliphatic heterocycles. The summed E-state index contributed by atoms with van der Waals surface area (Å²) in [4.78, 5) is 6.87. The summed E-state index contributed by atoms with van der Waals surface area (Å²) in [5.41, 5.74) is 1.72. The Morgan fingerprint density at radius 1 is 1.24 bits per heavy atom. The van der Waals surface area contributed by atoms with Crippen molar-refractivity contribution in [2.45, 2.75) is 44.2 Å². The monoisotopic (exact) mass is 281 g/mol. The first-order chi connectivity index (χ1) is 10.3. The van der Waals surface area contributed by atoms with Crippen LogP contribution < -0.4 is 10.2 Å². The number of pyridine rings is 1. The Hall–Kier alpha value is -1.61. The number of hydrogen-bond donors (Lipinski definition) is 1. The van der Waals surface area contributed by atoms with Crippen LogP contribution in [0.15, 0.2) is 36.7 Å². The van der Waals surface area contributed by atoms with Gasteiger partial charge in [0.2, 0.25) is 0 Å². The van der Waals surface area contributed by atoms with E-state index in [2.05, 4.69) is 46.4 Å². The molecule has 3 nitrogen and oxygen atoms in total. The molecule has 0 amide bonds. The van der Waals surface area contributed by atoms with Gasteiger partial charge in [-0.25, -0.2) is 0 Å². The number of fused-ring (bicyclic) bond motifs is 1. The summed E-state index contributed by atoms with van der Waals surface area (Å²) in [6, 6.07) is 9.28. The van der Waals surface area contributed by atoms with E-state index in [1.807, 2.05) is 12.4 Å². The fourth-order valence-corrected chi connectivity index (χ4v) is 4.08. The van der Waals surface area contributed by atoms with E-state index in [1.54, 1.807) is 0 Å². The van der Waals surface area contributed by atoms with Gasteiger partial charge in [-0.1, -0.05) is 25.0 Å². The second-order valence-corrected chi connectivity index (χ2v) is 6.72. The molecule has 1 unspecified atom stereocenters. The Kier molecular flexibility index (Phi) is 3.11. The summed E-state index contributed by atoms with van der Waals surface area (Å²) in [5, 5.41) is 6.40. The molecule has 1 atom stereocenters. The first kappa shape index (κ1) is 13.1. The predicted octanol–water partition coefficient (Wildman–Crippen LogP) is 3.35. The third kappa shape index (κ3) is 2.20. The van der Waals surface area contributed by atoms with Gasteiger partial charge in [-0.2, -0.15) is 0 Å². The molecule has 4 rings (SSSR count). The van der Waals surface area contributed by atoms with Crippen LogP contribution >= 0.6 is 0 Å². The van der Waals surface area contributed by atoms with E-state index < -0.39 is 0 Å². The van der Waals surface area contributed by atoms with Gasteiger partial charge in [0.25, 0.3) is 0 Å². The standard InChI is InChI=1S/C18H23N3/c1-14-11-20-18(8-2-3-9-18)13-21(14)17-6-4-5-15-12-19-10-7-16(15)17/h4-7,10,12,14,20H,2-3,8-9,11,13H2,1H3.